The van der Waals surface area contributed by atoms with Crippen LogP contribution in [-0.4, -0.2) is 29.0 Å². The van der Waals surface area contributed by atoms with Crippen LogP contribution in [0.3, 0.4) is 0 Å². The highest BCUT2D eigenvalue weighted by Crippen LogP contribution is 2.34. The monoisotopic (exact) mass is 364 g/mol. The van der Waals surface area contributed by atoms with Crippen molar-refractivity contribution >= 4 is 23.0 Å². The minimum atomic E-state index is -4.58. The number of carbonyl (C=O) groups is 2. The predicted octanol–water partition coefficient (Wildman–Crippen LogP) is 3.59. The van der Waals surface area contributed by atoms with Crippen molar-refractivity contribution in [1.82, 2.24) is 9.97 Å². The number of H-pyrrole nitrogens is 1. The summed E-state index contributed by atoms with van der Waals surface area (Å²) in [6.45, 7) is 0. The van der Waals surface area contributed by atoms with Gasteiger partial charge >= 0.3 is 24.1 Å². The van der Waals surface area contributed by atoms with Gasteiger partial charge in [0.2, 0.25) is 0 Å². The first-order valence-corrected chi connectivity index (χ1v) is 7.26. The predicted molar refractivity (Wildman–Crippen MR) is 83.8 cm³/mol. The Balaban J connectivity index is 1.85. The lowest BCUT2D eigenvalue weighted by Crippen LogP contribution is -2.10. The lowest BCUT2D eigenvalue weighted by atomic mass is 10.1. The summed E-state index contributed by atoms with van der Waals surface area (Å²) in [5.74, 6) is -1.41. The molecule has 0 aliphatic rings. The van der Waals surface area contributed by atoms with Crippen LogP contribution in [0.2, 0.25) is 0 Å². The number of ether oxygens (including phenoxy) is 2. The molecule has 2 aromatic carbocycles. The Kier molecular flexibility index (Phi) is 4.37. The van der Waals surface area contributed by atoms with Crippen molar-refractivity contribution in [2.75, 3.05) is 7.11 Å². The van der Waals surface area contributed by atoms with Crippen LogP contribution in [-0.2, 0) is 10.9 Å². The largest absolute Gasteiger partial charge is 0.465 e. The molecule has 9 heteroatoms. The zero-order valence-corrected chi connectivity index (χ0v) is 13.3. The van der Waals surface area contributed by atoms with Crippen molar-refractivity contribution in [3.63, 3.8) is 0 Å². The van der Waals surface area contributed by atoms with Gasteiger partial charge in [0.25, 0.3) is 0 Å². The van der Waals surface area contributed by atoms with Crippen LogP contribution < -0.4 is 4.74 Å². The smallest absolute Gasteiger partial charge is 0.418 e. The number of methoxy groups -OCH3 is 1. The Bertz CT molecular complexity index is 978. The molecule has 1 aromatic heterocycles. The van der Waals surface area contributed by atoms with Crippen LogP contribution in [0.4, 0.5) is 13.2 Å². The quantitative estimate of drug-likeness (QED) is 0.719. The van der Waals surface area contributed by atoms with E-state index in [4.69, 9.17) is 4.74 Å². The fourth-order valence-electron chi connectivity index (χ4n) is 2.29. The first-order valence-electron chi connectivity index (χ1n) is 7.26. The number of rotatable bonds is 3. The van der Waals surface area contributed by atoms with Gasteiger partial charge < -0.3 is 14.5 Å². The summed E-state index contributed by atoms with van der Waals surface area (Å²) >= 11 is 0. The Labute approximate surface area is 144 Å². The SMILES string of the molecule is COC(=O)c1ccc(C(=O)Oc2nc3c(C(F)(F)F)cccc3[nH]2)cc1. The van der Waals surface area contributed by atoms with E-state index in [1.807, 2.05) is 0 Å². The molecule has 0 amide bonds. The highest BCUT2D eigenvalue weighted by Gasteiger charge is 2.34. The van der Waals surface area contributed by atoms with Gasteiger partial charge in [0.1, 0.15) is 5.52 Å². The summed E-state index contributed by atoms with van der Waals surface area (Å²) in [6, 6.07) is 8.53. The second-order valence-electron chi connectivity index (χ2n) is 5.20. The molecule has 1 heterocycles. The molecule has 26 heavy (non-hydrogen) atoms. The summed E-state index contributed by atoms with van der Waals surface area (Å²) in [7, 11) is 1.22. The topological polar surface area (TPSA) is 81.3 Å². The van der Waals surface area contributed by atoms with Crippen molar-refractivity contribution in [2.45, 2.75) is 6.18 Å². The Morgan fingerprint density at radius 2 is 1.62 bits per heavy atom. The summed E-state index contributed by atoms with van der Waals surface area (Å²) in [5, 5.41) is 0. The van der Waals surface area contributed by atoms with E-state index in [0.29, 0.717) is 0 Å². The number of alkyl halides is 3. The molecule has 3 aromatic rings. The van der Waals surface area contributed by atoms with Crippen molar-refractivity contribution in [2.24, 2.45) is 0 Å². The van der Waals surface area contributed by atoms with Crippen LogP contribution in [0.5, 0.6) is 6.01 Å². The summed E-state index contributed by atoms with van der Waals surface area (Å²) in [6.07, 6.45) is -4.58. The Hall–Kier alpha value is -3.36. The maximum atomic E-state index is 13.0. The first kappa shape index (κ1) is 17.5. The van der Waals surface area contributed by atoms with E-state index in [-0.39, 0.29) is 28.2 Å². The Morgan fingerprint density at radius 3 is 2.19 bits per heavy atom. The lowest BCUT2D eigenvalue weighted by molar-refractivity contribution is -0.136. The lowest BCUT2D eigenvalue weighted by Gasteiger charge is -2.05. The number of aromatic nitrogens is 2. The number of halogens is 3. The number of hydrogen-bond donors (Lipinski definition) is 1. The first-order chi connectivity index (χ1) is 12.3. The van der Waals surface area contributed by atoms with Crippen LogP contribution in [0.15, 0.2) is 42.5 Å². The number of imidazole rings is 1. The van der Waals surface area contributed by atoms with Crippen LogP contribution in [0, 0.1) is 0 Å². The second kappa shape index (κ2) is 6.51. The molecule has 0 bridgehead atoms. The van der Waals surface area contributed by atoms with Gasteiger partial charge in [0.15, 0.2) is 0 Å². The van der Waals surface area contributed by atoms with E-state index in [1.165, 1.54) is 43.5 Å². The zero-order chi connectivity index (χ0) is 18.9. The van der Waals surface area contributed by atoms with Crippen molar-refractivity contribution < 1.29 is 32.2 Å². The van der Waals surface area contributed by atoms with E-state index in [2.05, 4.69) is 14.7 Å². The molecular formula is C17H11F3N2O4. The van der Waals surface area contributed by atoms with E-state index in [0.717, 1.165) is 6.07 Å². The normalized spacial score (nSPS) is 11.4. The summed E-state index contributed by atoms with van der Waals surface area (Å²) < 4.78 is 48.5. The van der Waals surface area contributed by atoms with Gasteiger partial charge in [-0.25, -0.2) is 9.59 Å². The molecule has 0 aliphatic heterocycles. The van der Waals surface area contributed by atoms with Gasteiger partial charge in [-0.15, -0.1) is 0 Å². The van der Waals surface area contributed by atoms with Gasteiger partial charge in [0, 0.05) is 0 Å². The highest BCUT2D eigenvalue weighted by atomic mass is 19.4. The van der Waals surface area contributed by atoms with Crippen LogP contribution in [0.25, 0.3) is 11.0 Å². The van der Waals surface area contributed by atoms with E-state index in [1.54, 1.807) is 0 Å². The van der Waals surface area contributed by atoms with Crippen LogP contribution >= 0.6 is 0 Å². The average Bonchev–Trinajstić information content (AvgIpc) is 3.02. The number of fused-ring (bicyclic) bond motifs is 1. The standard InChI is InChI=1S/C17H11F3N2O4/c1-25-14(23)9-5-7-10(8-6-9)15(24)26-16-21-12-4-2-3-11(13(12)22-16)17(18,19)20/h2-8H,1H3,(H,21,22). The molecule has 3 rings (SSSR count). The number of carbonyl (C=O) groups excluding carboxylic acids is 2. The number of para-hydroxylation sites is 1. The van der Waals surface area contributed by atoms with Gasteiger partial charge in [-0.3, -0.25) is 0 Å². The molecule has 1 N–H and O–H groups in total. The number of hydrogen-bond acceptors (Lipinski definition) is 5. The second-order valence-corrected chi connectivity index (χ2v) is 5.20. The number of benzene rings is 2. The molecule has 134 valence electrons. The molecule has 0 saturated carbocycles. The highest BCUT2D eigenvalue weighted by molar-refractivity contribution is 5.94. The number of aromatic amines is 1. The Morgan fingerprint density at radius 1 is 1.00 bits per heavy atom. The average molecular weight is 364 g/mol. The van der Waals surface area contributed by atoms with E-state index in [9.17, 15) is 22.8 Å². The molecular weight excluding hydrogens is 353 g/mol. The van der Waals surface area contributed by atoms with Crippen molar-refractivity contribution in [1.29, 1.82) is 0 Å². The van der Waals surface area contributed by atoms with E-state index >= 15 is 0 Å². The number of nitrogens with one attached hydrogen (secondary N) is 1. The summed E-state index contributed by atoms with van der Waals surface area (Å²) in [5.41, 5.74) is -0.861. The molecule has 0 saturated heterocycles. The van der Waals surface area contributed by atoms with Crippen molar-refractivity contribution in [3.05, 3.63) is 59.2 Å². The zero-order valence-electron chi connectivity index (χ0n) is 13.3. The molecule has 0 aliphatic carbocycles. The minimum Gasteiger partial charge on any atom is -0.465 e. The third kappa shape index (κ3) is 3.37. The van der Waals surface area contributed by atoms with Gasteiger partial charge in [-0.2, -0.15) is 18.2 Å². The number of nitrogens with zero attached hydrogens (tertiary/aromatic N) is 1. The molecule has 0 unspecified atom stereocenters. The number of esters is 2. The van der Waals surface area contributed by atoms with Crippen LogP contribution in [0.1, 0.15) is 26.3 Å². The molecule has 0 spiro atoms. The molecule has 0 fully saturated rings. The fraction of sp³-hybridized carbons (Fsp3) is 0.118. The van der Waals surface area contributed by atoms with E-state index < -0.39 is 23.7 Å². The molecule has 0 atom stereocenters. The van der Waals surface area contributed by atoms with Gasteiger partial charge in [0.05, 0.1) is 29.3 Å². The third-order valence-corrected chi connectivity index (χ3v) is 3.53. The maximum Gasteiger partial charge on any atom is 0.418 e. The minimum absolute atomic E-state index is 0.0867. The molecule has 0 radical (unpaired) electrons. The summed E-state index contributed by atoms with van der Waals surface area (Å²) in [4.78, 5) is 29.7. The maximum absolute atomic E-state index is 13.0. The van der Waals surface area contributed by atoms with Gasteiger partial charge in [-0.1, -0.05) is 6.07 Å². The van der Waals surface area contributed by atoms with Gasteiger partial charge in [-0.05, 0) is 36.4 Å². The molecule has 6 nitrogen and oxygen atoms in total. The fourth-order valence-corrected chi connectivity index (χ4v) is 2.29. The van der Waals surface area contributed by atoms with Crippen molar-refractivity contribution in [3.8, 4) is 6.01 Å². The third-order valence-electron chi connectivity index (χ3n) is 3.53.